The molecule has 0 fully saturated rings. The first-order valence-corrected chi connectivity index (χ1v) is 7.92. The zero-order valence-corrected chi connectivity index (χ0v) is 12.7. The van der Waals surface area contributed by atoms with Gasteiger partial charge in [-0.2, -0.15) is 5.10 Å². The summed E-state index contributed by atoms with van der Waals surface area (Å²) in [6.07, 6.45) is 0.849. The van der Waals surface area contributed by atoms with Gasteiger partial charge >= 0.3 is 0 Å². The molecule has 1 aliphatic heterocycles. The summed E-state index contributed by atoms with van der Waals surface area (Å²) >= 11 is 7.62. The van der Waals surface area contributed by atoms with Gasteiger partial charge < -0.3 is 5.43 Å². The van der Waals surface area contributed by atoms with E-state index in [4.69, 9.17) is 11.6 Å². The second kappa shape index (κ2) is 5.13. The minimum Gasteiger partial charge on any atom is -0.302 e. The lowest BCUT2D eigenvalue weighted by Gasteiger charge is -2.09. The van der Waals surface area contributed by atoms with Crippen LogP contribution in [0.4, 0.5) is 0 Å². The first kappa shape index (κ1) is 12.8. The smallest absolute Gasteiger partial charge is 0.140 e. The lowest BCUT2D eigenvalue weighted by atomic mass is 10.0. The molecular weight excluding hydrogens is 302 g/mol. The summed E-state index contributed by atoms with van der Waals surface area (Å²) in [5.74, 6) is 0. The summed E-state index contributed by atoms with van der Waals surface area (Å²) in [6, 6.07) is 16.3. The van der Waals surface area contributed by atoms with Gasteiger partial charge in [0.2, 0.25) is 0 Å². The molecule has 104 valence electrons. The zero-order valence-electron chi connectivity index (χ0n) is 11.1. The van der Waals surface area contributed by atoms with Crippen LogP contribution in [-0.2, 0) is 0 Å². The van der Waals surface area contributed by atoms with Gasteiger partial charge in [-0.1, -0.05) is 35.9 Å². The van der Waals surface area contributed by atoms with Gasteiger partial charge in [0.1, 0.15) is 5.01 Å². The second-order valence-corrected chi connectivity index (χ2v) is 6.45. The van der Waals surface area contributed by atoms with E-state index in [1.165, 1.54) is 10.3 Å². The van der Waals surface area contributed by atoms with E-state index in [1.807, 2.05) is 42.5 Å². The third-order valence-corrected chi connectivity index (χ3v) is 4.90. The Kier molecular flexibility index (Phi) is 3.13. The second-order valence-electron chi connectivity index (χ2n) is 4.98. The van der Waals surface area contributed by atoms with Crippen LogP contribution in [0.15, 0.2) is 53.6 Å². The molecular formula is C16H12ClN3S. The van der Waals surface area contributed by atoms with Gasteiger partial charge in [-0.25, -0.2) is 4.98 Å². The first-order chi connectivity index (χ1) is 10.3. The van der Waals surface area contributed by atoms with Gasteiger partial charge in [-0.3, -0.25) is 0 Å². The Morgan fingerprint density at radius 1 is 1.10 bits per heavy atom. The molecule has 2 aromatic carbocycles. The Balaban J connectivity index is 1.59. The molecule has 0 radical (unpaired) electrons. The van der Waals surface area contributed by atoms with Crippen molar-refractivity contribution in [1.29, 1.82) is 0 Å². The summed E-state index contributed by atoms with van der Waals surface area (Å²) < 4.78 is 1.20. The fourth-order valence-electron chi connectivity index (χ4n) is 2.46. The zero-order chi connectivity index (χ0) is 14.2. The predicted octanol–water partition coefficient (Wildman–Crippen LogP) is 4.39. The van der Waals surface area contributed by atoms with Crippen LogP contribution in [0.25, 0.3) is 10.2 Å². The van der Waals surface area contributed by atoms with Gasteiger partial charge in [0.25, 0.3) is 0 Å². The van der Waals surface area contributed by atoms with Crippen LogP contribution in [-0.4, -0.2) is 10.7 Å². The monoisotopic (exact) mass is 313 g/mol. The molecule has 0 unspecified atom stereocenters. The van der Waals surface area contributed by atoms with Crippen LogP contribution < -0.4 is 5.43 Å². The van der Waals surface area contributed by atoms with E-state index in [1.54, 1.807) is 11.3 Å². The minimum absolute atomic E-state index is 0.198. The van der Waals surface area contributed by atoms with E-state index in [9.17, 15) is 0 Å². The van der Waals surface area contributed by atoms with Gasteiger partial charge in [0.05, 0.1) is 22.0 Å². The molecule has 4 rings (SSSR count). The molecule has 0 saturated carbocycles. The maximum absolute atomic E-state index is 5.93. The number of fused-ring (bicyclic) bond motifs is 1. The Labute approximate surface area is 131 Å². The number of hydrogen-bond donors (Lipinski definition) is 1. The van der Waals surface area contributed by atoms with Crippen molar-refractivity contribution in [3.05, 3.63) is 64.1 Å². The number of halogens is 1. The van der Waals surface area contributed by atoms with E-state index in [0.29, 0.717) is 0 Å². The van der Waals surface area contributed by atoms with E-state index in [0.717, 1.165) is 27.7 Å². The minimum atomic E-state index is 0.198. The number of thiazole rings is 1. The molecule has 0 bridgehead atoms. The molecule has 1 atom stereocenters. The fourth-order valence-corrected chi connectivity index (χ4v) is 3.55. The van der Waals surface area contributed by atoms with Crippen LogP contribution in [0.5, 0.6) is 0 Å². The Morgan fingerprint density at radius 2 is 1.90 bits per heavy atom. The maximum atomic E-state index is 5.93. The van der Waals surface area contributed by atoms with Crippen molar-refractivity contribution < 1.29 is 0 Å². The Hall–Kier alpha value is -1.91. The quantitative estimate of drug-likeness (QED) is 0.762. The maximum Gasteiger partial charge on any atom is 0.140 e. The molecule has 2 heterocycles. The van der Waals surface area contributed by atoms with Crippen LogP contribution in [0.1, 0.15) is 23.0 Å². The number of aromatic nitrogens is 1. The molecule has 0 aliphatic carbocycles. The SMILES string of the molecule is Clc1ccc([C@@H]2CC(c3nc4ccccc4s3)=NN2)cc1. The van der Waals surface area contributed by atoms with Gasteiger partial charge in [0, 0.05) is 11.4 Å². The molecule has 1 aliphatic rings. The van der Waals surface area contributed by atoms with Crippen molar-refractivity contribution in [1.82, 2.24) is 10.4 Å². The average Bonchev–Trinajstić information content (AvgIpc) is 3.14. The molecule has 0 saturated heterocycles. The summed E-state index contributed by atoms with van der Waals surface area (Å²) in [6.45, 7) is 0. The number of nitrogens with zero attached hydrogens (tertiary/aromatic N) is 2. The molecule has 0 spiro atoms. The molecule has 3 nitrogen and oxygen atoms in total. The van der Waals surface area contributed by atoms with Crippen molar-refractivity contribution >= 4 is 38.9 Å². The molecule has 3 aromatic rings. The number of nitrogens with one attached hydrogen (secondary N) is 1. The third kappa shape index (κ3) is 2.41. The summed E-state index contributed by atoms with van der Waals surface area (Å²) in [4.78, 5) is 4.66. The first-order valence-electron chi connectivity index (χ1n) is 6.73. The third-order valence-electron chi connectivity index (χ3n) is 3.57. The van der Waals surface area contributed by atoms with Crippen LogP contribution in [0.3, 0.4) is 0 Å². The van der Waals surface area contributed by atoms with E-state index in [-0.39, 0.29) is 6.04 Å². The Morgan fingerprint density at radius 3 is 2.71 bits per heavy atom. The van der Waals surface area contributed by atoms with Crippen molar-refractivity contribution in [3.8, 4) is 0 Å². The van der Waals surface area contributed by atoms with Crippen molar-refractivity contribution in [3.63, 3.8) is 0 Å². The summed E-state index contributed by atoms with van der Waals surface area (Å²) in [7, 11) is 0. The molecule has 5 heteroatoms. The standard InChI is InChI=1S/C16H12ClN3S/c17-11-7-5-10(6-8-11)13-9-14(20-19-13)16-18-12-3-1-2-4-15(12)21-16/h1-8,13,19H,9H2/t13-/m0/s1. The number of rotatable bonds is 2. The van der Waals surface area contributed by atoms with E-state index < -0.39 is 0 Å². The van der Waals surface area contributed by atoms with Crippen LogP contribution >= 0.6 is 22.9 Å². The predicted molar refractivity (Wildman–Crippen MR) is 88.1 cm³/mol. The number of hydrazone groups is 1. The molecule has 0 amide bonds. The van der Waals surface area contributed by atoms with Gasteiger partial charge in [-0.15, -0.1) is 11.3 Å². The normalized spacial score (nSPS) is 17.8. The topological polar surface area (TPSA) is 37.3 Å². The highest BCUT2D eigenvalue weighted by Crippen LogP contribution is 2.29. The fraction of sp³-hybridized carbons (Fsp3) is 0.125. The van der Waals surface area contributed by atoms with Gasteiger partial charge in [-0.05, 0) is 29.8 Å². The summed E-state index contributed by atoms with van der Waals surface area (Å²) in [5.41, 5.74) is 6.45. The number of para-hydroxylation sites is 1. The molecule has 21 heavy (non-hydrogen) atoms. The van der Waals surface area contributed by atoms with Crippen molar-refractivity contribution in [2.24, 2.45) is 5.10 Å². The number of hydrogen-bond acceptors (Lipinski definition) is 4. The molecule has 1 aromatic heterocycles. The van der Waals surface area contributed by atoms with Gasteiger partial charge in [0.15, 0.2) is 0 Å². The Bertz CT molecular complexity index is 790. The lowest BCUT2D eigenvalue weighted by Crippen LogP contribution is -2.09. The number of benzene rings is 2. The highest BCUT2D eigenvalue weighted by Gasteiger charge is 2.23. The highest BCUT2D eigenvalue weighted by molar-refractivity contribution is 7.20. The van der Waals surface area contributed by atoms with Crippen molar-refractivity contribution in [2.45, 2.75) is 12.5 Å². The largest absolute Gasteiger partial charge is 0.302 e. The van der Waals surface area contributed by atoms with E-state index in [2.05, 4.69) is 21.6 Å². The van der Waals surface area contributed by atoms with Crippen LogP contribution in [0, 0.1) is 0 Å². The average molecular weight is 314 g/mol. The molecule has 1 N–H and O–H groups in total. The van der Waals surface area contributed by atoms with Crippen molar-refractivity contribution in [2.75, 3.05) is 0 Å². The lowest BCUT2D eigenvalue weighted by molar-refractivity contribution is 0.620. The van der Waals surface area contributed by atoms with E-state index >= 15 is 0 Å². The van der Waals surface area contributed by atoms with Crippen LogP contribution in [0.2, 0.25) is 5.02 Å². The summed E-state index contributed by atoms with van der Waals surface area (Å²) in [5, 5.41) is 6.22. The highest BCUT2D eigenvalue weighted by atomic mass is 35.5.